The van der Waals surface area contributed by atoms with Gasteiger partial charge >= 0.3 is 0 Å². The van der Waals surface area contributed by atoms with Crippen LogP contribution in [0.5, 0.6) is 0 Å². The largest absolute Gasteiger partial charge is 0.327 e. The topological polar surface area (TPSA) is 26.0 Å². The molecule has 1 aliphatic rings. The van der Waals surface area contributed by atoms with Gasteiger partial charge in [-0.15, -0.1) is 6.58 Å². The van der Waals surface area contributed by atoms with Crippen LogP contribution in [0.4, 0.5) is 0 Å². The van der Waals surface area contributed by atoms with Crippen LogP contribution in [0.2, 0.25) is 0 Å². The number of allylic oxidation sites excluding steroid dienone is 1. The molecule has 2 N–H and O–H groups in total. The first-order valence-electron chi connectivity index (χ1n) is 7.84. The second-order valence-electron chi connectivity index (χ2n) is 7.07. The third kappa shape index (κ3) is 4.76. The van der Waals surface area contributed by atoms with E-state index in [-0.39, 0.29) is 0 Å². The van der Waals surface area contributed by atoms with Gasteiger partial charge in [0.15, 0.2) is 0 Å². The Hall–Kier alpha value is -0.300. The minimum atomic E-state index is 0.424. The van der Waals surface area contributed by atoms with E-state index in [4.69, 9.17) is 5.73 Å². The third-order valence-electron chi connectivity index (χ3n) is 4.89. The van der Waals surface area contributed by atoms with Crippen molar-refractivity contribution in [2.24, 2.45) is 23.0 Å². The number of nitrogens with two attached hydrogens (primary N) is 1. The maximum Gasteiger partial charge on any atom is 0.00747 e. The van der Waals surface area contributed by atoms with Gasteiger partial charge in [-0.3, -0.25) is 0 Å². The SMILES string of the molecule is C=CCCCCCC(C)(C)C1CCC(C)CC1N. The van der Waals surface area contributed by atoms with Crippen LogP contribution in [0.25, 0.3) is 0 Å². The van der Waals surface area contributed by atoms with Crippen LogP contribution in [0.1, 0.15) is 72.1 Å². The van der Waals surface area contributed by atoms with Gasteiger partial charge in [-0.2, -0.15) is 0 Å². The van der Waals surface area contributed by atoms with Crippen LogP contribution < -0.4 is 5.73 Å². The van der Waals surface area contributed by atoms with Crippen LogP contribution in [0.15, 0.2) is 12.7 Å². The highest BCUT2D eigenvalue weighted by atomic mass is 14.7. The summed E-state index contributed by atoms with van der Waals surface area (Å²) < 4.78 is 0. The fourth-order valence-electron chi connectivity index (χ4n) is 3.63. The van der Waals surface area contributed by atoms with Gasteiger partial charge in [0.05, 0.1) is 0 Å². The molecule has 1 nitrogen and oxygen atoms in total. The van der Waals surface area contributed by atoms with Crippen LogP contribution >= 0.6 is 0 Å². The molecule has 18 heavy (non-hydrogen) atoms. The van der Waals surface area contributed by atoms with Crippen molar-refractivity contribution in [3.8, 4) is 0 Å². The molecule has 0 radical (unpaired) electrons. The summed E-state index contributed by atoms with van der Waals surface area (Å²) in [7, 11) is 0. The zero-order valence-corrected chi connectivity index (χ0v) is 12.8. The van der Waals surface area contributed by atoms with E-state index in [0.29, 0.717) is 11.5 Å². The Bertz CT molecular complexity index is 244. The lowest BCUT2D eigenvalue weighted by Crippen LogP contribution is -2.43. The van der Waals surface area contributed by atoms with Crippen molar-refractivity contribution in [3.63, 3.8) is 0 Å². The quantitative estimate of drug-likeness (QED) is 0.505. The third-order valence-corrected chi connectivity index (χ3v) is 4.89. The maximum absolute atomic E-state index is 6.39. The van der Waals surface area contributed by atoms with Gasteiger partial charge in [-0.1, -0.05) is 46.1 Å². The summed E-state index contributed by atoms with van der Waals surface area (Å²) in [6.45, 7) is 11.0. The Kier molecular flexibility index (Phi) is 6.42. The van der Waals surface area contributed by atoms with Crippen LogP contribution in [0.3, 0.4) is 0 Å². The summed E-state index contributed by atoms with van der Waals surface area (Å²) in [5.74, 6) is 1.56. The molecule has 0 spiro atoms. The Labute approximate surface area is 114 Å². The smallest absolute Gasteiger partial charge is 0.00747 e. The molecule has 3 atom stereocenters. The number of hydrogen-bond acceptors (Lipinski definition) is 1. The molecule has 0 bridgehead atoms. The van der Waals surface area contributed by atoms with Crippen molar-refractivity contribution in [1.82, 2.24) is 0 Å². The second kappa shape index (κ2) is 7.33. The van der Waals surface area contributed by atoms with Gasteiger partial charge in [-0.25, -0.2) is 0 Å². The van der Waals surface area contributed by atoms with Crippen molar-refractivity contribution in [2.45, 2.75) is 78.2 Å². The fraction of sp³-hybridized carbons (Fsp3) is 0.882. The minimum absolute atomic E-state index is 0.424. The molecule has 0 aromatic carbocycles. The summed E-state index contributed by atoms with van der Waals surface area (Å²) in [4.78, 5) is 0. The average molecular weight is 251 g/mol. The highest BCUT2D eigenvalue weighted by Gasteiger charge is 2.36. The molecule has 1 fully saturated rings. The Morgan fingerprint density at radius 3 is 2.56 bits per heavy atom. The highest BCUT2D eigenvalue weighted by molar-refractivity contribution is 4.90. The lowest BCUT2D eigenvalue weighted by Gasteiger charge is -2.43. The lowest BCUT2D eigenvalue weighted by atomic mass is 9.65. The van der Waals surface area contributed by atoms with Crippen molar-refractivity contribution >= 4 is 0 Å². The summed E-state index contributed by atoms with van der Waals surface area (Å²) >= 11 is 0. The molecule has 1 heteroatoms. The van der Waals surface area contributed by atoms with Gasteiger partial charge in [0, 0.05) is 6.04 Å². The second-order valence-corrected chi connectivity index (χ2v) is 7.07. The summed E-state index contributed by atoms with van der Waals surface area (Å²) in [5.41, 5.74) is 6.82. The number of unbranched alkanes of at least 4 members (excludes halogenated alkanes) is 3. The maximum atomic E-state index is 6.39. The van der Waals surface area contributed by atoms with Crippen LogP contribution in [-0.4, -0.2) is 6.04 Å². The Morgan fingerprint density at radius 2 is 1.94 bits per heavy atom. The molecule has 0 aromatic rings. The van der Waals surface area contributed by atoms with E-state index in [1.807, 2.05) is 6.08 Å². The van der Waals surface area contributed by atoms with Gasteiger partial charge in [0.2, 0.25) is 0 Å². The molecule has 0 heterocycles. The first-order chi connectivity index (χ1) is 8.47. The van der Waals surface area contributed by atoms with Gasteiger partial charge < -0.3 is 5.73 Å². The van der Waals surface area contributed by atoms with Crippen molar-refractivity contribution in [3.05, 3.63) is 12.7 Å². The molecule has 1 aliphatic carbocycles. The predicted molar refractivity (Wildman–Crippen MR) is 81.5 cm³/mol. The standard InChI is InChI=1S/C17H33N/c1-5-6-7-8-9-12-17(3,4)15-11-10-14(2)13-16(15)18/h5,14-16H,1,6-13,18H2,2-4H3. The molecule has 0 saturated heterocycles. The zero-order chi connectivity index (χ0) is 13.6. The van der Waals surface area contributed by atoms with Crippen LogP contribution in [0, 0.1) is 17.3 Å². The minimum Gasteiger partial charge on any atom is -0.327 e. The van der Waals surface area contributed by atoms with E-state index >= 15 is 0 Å². The number of hydrogen-bond donors (Lipinski definition) is 1. The summed E-state index contributed by atoms with van der Waals surface area (Å²) in [6, 6.07) is 0.428. The van der Waals surface area contributed by atoms with E-state index in [9.17, 15) is 0 Å². The first kappa shape index (κ1) is 15.8. The highest BCUT2D eigenvalue weighted by Crippen LogP contribution is 2.42. The van der Waals surface area contributed by atoms with E-state index in [1.165, 1.54) is 51.4 Å². The van der Waals surface area contributed by atoms with Crippen molar-refractivity contribution < 1.29 is 0 Å². The van der Waals surface area contributed by atoms with E-state index in [1.54, 1.807) is 0 Å². The monoisotopic (exact) mass is 251 g/mol. The molecule has 1 saturated carbocycles. The lowest BCUT2D eigenvalue weighted by molar-refractivity contribution is 0.102. The molecule has 1 rings (SSSR count). The molecule has 3 unspecified atom stereocenters. The van der Waals surface area contributed by atoms with Crippen molar-refractivity contribution in [2.75, 3.05) is 0 Å². The van der Waals surface area contributed by atoms with Crippen LogP contribution in [-0.2, 0) is 0 Å². The Balaban J connectivity index is 2.35. The van der Waals surface area contributed by atoms with Gasteiger partial charge in [-0.05, 0) is 49.4 Å². The van der Waals surface area contributed by atoms with E-state index < -0.39 is 0 Å². The summed E-state index contributed by atoms with van der Waals surface area (Å²) in [5, 5.41) is 0. The average Bonchev–Trinajstić information content (AvgIpc) is 2.28. The molecule has 0 aliphatic heterocycles. The van der Waals surface area contributed by atoms with Gasteiger partial charge in [0.1, 0.15) is 0 Å². The molecular weight excluding hydrogens is 218 g/mol. The molecule has 0 aromatic heterocycles. The summed E-state index contributed by atoms with van der Waals surface area (Å²) in [6.07, 6.45) is 12.5. The normalized spacial score (nSPS) is 29.2. The first-order valence-corrected chi connectivity index (χ1v) is 7.84. The fourth-order valence-corrected chi connectivity index (χ4v) is 3.63. The predicted octanol–water partition coefficient (Wildman–Crippen LogP) is 4.91. The number of rotatable bonds is 7. The van der Waals surface area contributed by atoms with E-state index in [2.05, 4.69) is 27.4 Å². The zero-order valence-electron chi connectivity index (χ0n) is 12.8. The van der Waals surface area contributed by atoms with E-state index in [0.717, 1.165) is 11.8 Å². The Morgan fingerprint density at radius 1 is 1.22 bits per heavy atom. The molecule has 0 amide bonds. The molecular formula is C17H33N. The van der Waals surface area contributed by atoms with Crippen molar-refractivity contribution in [1.29, 1.82) is 0 Å². The van der Waals surface area contributed by atoms with Gasteiger partial charge in [0.25, 0.3) is 0 Å². The molecule has 106 valence electrons.